The summed E-state index contributed by atoms with van der Waals surface area (Å²) in [6, 6.07) is 7.61. The van der Waals surface area contributed by atoms with Gasteiger partial charge in [-0.05, 0) is 45.1 Å². The van der Waals surface area contributed by atoms with Crippen molar-refractivity contribution >= 4 is 39.1 Å². The van der Waals surface area contributed by atoms with Crippen molar-refractivity contribution in [1.82, 2.24) is 9.55 Å². The molecule has 2 aromatic heterocycles. The summed E-state index contributed by atoms with van der Waals surface area (Å²) in [7, 11) is 1.76. The number of carbonyl (C=O) groups excluding carboxylic acids is 1. The number of benzene rings is 1. The Bertz CT molecular complexity index is 1080. The molecule has 1 aromatic carbocycles. The number of nitrogens with zero attached hydrogens (tertiary/aromatic N) is 2. The molecule has 0 amide bonds. The lowest BCUT2D eigenvalue weighted by molar-refractivity contribution is 0.0994. The molecule has 4 nitrogen and oxygen atoms in total. The van der Waals surface area contributed by atoms with Crippen LogP contribution in [0, 0.1) is 6.92 Å². The van der Waals surface area contributed by atoms with E-state index >= 15 is 0 Å². The van der Waals surface area contributed by atoms with E-state index in [2.05, 4.69) is 0 Å². The monoisotopic (exact) mass is 398 g/mol. The SMILES string of the molecule is Cc1ccc(C(=O)[C@H](C)Sc2nc3sc4c(c3c(=O)n2C)CCCC4)cc1. The normalized spacial score (nSPS) is 14.9. The molecule has 0 aliphatic heterocycles. The highest BCUT2D eigenvalue weighted by Crippen LogP contribution is 2.35. The summed E-state index contributed by atoms with van der Waals surface area (Å²) in [6.07, 6.45) is 4.34. The Morgan fingerprint density at radius 3 is 2.67 bits per heavy atom. The molecule has 3 aromatic rings. The summed E-state index contributed by atoms with van der Waals surface area (Å²) in [5, 5.41) is 1.09. The number of aryl methyl sites for hydroxylation is 3. The lowest BCUT2D eigenvalue weighted by atomic mass is 9.97. The van der Waals surface area contributed by atoms with Gasteiger partial charge in [-0.15, -0.1) is 11.3 Å². The molecule has 1 aliphatic carbocycles. The van der Waals surface area contributed by atoms with Gasteiger partial charge in [0.15, 0.2) is 10.9 Å². The predicted octanol–water partition coefficient (Wildman–Crippen LogP) is 4.55. The van der Waals surface area contributed by atoms with Crippen molar-refractivity contribution in [3.05, 3.63) is 56.2 Å². The first-order chi connectivity index (χ1) is 13.0. The van der Waals surface area contributed by atoms with Crippen molar-refractivity contribution in [2.24, 2.45) is 7.05 Å². The number of aromatic nitrogens is 2. The van der Waals surface area contributed by atoms with E-state index in [9.17, 15) is 9.59 Å². The number of rotatable bonds is 4. The van der Waals surface area contributed by atoms with Crippen molar-refractivity contribution in [3.63, 3.8) is 0 Å². The first-order valence-corrected chi connectivity index (χ1v) is 10.9. The molecule has 0 fully saturated rings. The van der Waals surface area contributed by atoms with Crippen LogP contribution in [0.25, 0.3) is 10.2 Å². The third-order valence-electron chi connectivity index (χ3n) is 5.14. The summed E-state index contributed by atoms with van der Waals surface area (Å²) < 4.78 is 1.60. The molecule has 0 bridgehead atoms. The molecule has 27 heavy (non-hydrogen) atoms. The maximum absolute atomic E-state index is 13.0. The Morgan fingerprint density at radius 2 is 1.93 bits per heavy atom. The molecule has 6 heteroatoms. The quantitative estimate of drug-likeness (QED) is 0.368. The second-order valence-corrected chi connectivity index (χ2v) is 9.53. The zero-order valence-electron chi connectivity index (χ0n) is 15.7. The smallest absolute Gasteiger partial charge is 0.262 e. The van der Waals surface area contributed by atoms with Gasteiger partial charge in [-0.1, -0.05) is 41.6 Å². The van der Waals surface area contributed by atoms with E-state index in [1.807, 2.05) is 38.1 Å². The molecule has 4 rings (SSSR count). The third kappa shape index (κ3) is 3.36. The van der Waals surface area contributed by atoms with Gasteiger partial charge in [-0.2, -0.15) is 0 Å². The van der Waals surface area contributed by atoms with Crippen LogP contribution >= 0.6 is 23.1 Å². The average Bonchev–Trinajstić information content (AvgIpc) is 3.04. The first kappa shape index (κ1) is 18.4. The molecule has 0 radical (unpaired) electrons. The van der Waals surface area contributed by atoms with Gasteiger partial charge >= 0.3 is 0 Å². The number of Topliss-reactive ketones (excluding diaryl/α,β-unsaturated/α-hetero) is 1. The van der Waals surface area contributed by atoms with E-state index in [4.69, 9.17) is 4.98 Å². The van der Waals surface area contributed by atoms with E-state index < -0.39 is 0 Å². The van der Waals surface area contributed by atoms with Gasteiger partial charge in [0, 0.05) is 17.5 Å². The van der Waals surface area contributed by atoms with E-state index in [0.717, 1.165) is 35.0 Å². The predicted molar refractivity (Wildman–Crippen MR) is 112 cm³/mol. The molecular formula is C21H22N2O2S2. The van der Waals surface area contributed by atoms with Crippen molar-refractivity contribution in [2.75, 3.05) is 0 Å². The number of thioether (sulfide) groups is 1. The van der Waals surface area contributed by atoms with E-state index in [1.165, 1.54) is 28.6 Å². The molecule has 2 heterocycles. The minimum absolute atomic E-state index is 0.0110. The minimum atomic E-state index is -0.308. The van der Waals surface area contributed by atoms with Crippen LogP contribution in [0.15, 0.2) is 34.2 Å². The molecule has 0 unspecified atom stereocenters. The lowest BCUT2D eigenvalue weighted by Gasteiger charge is -2.13. The van der Waals surface area contributed by atoms with Crippen LogP contribution in [-0.4, -0.2) is 20.6 Å². The summed E-state index contributed by atoms with van der Waals surface area (Å²) >= 11 is 3.01. The second kappa shape index (κ2) is 7.24. The maximum Gasteiger partial charge on any atom is 0.262 e. The highest BCUT2D eigenvalue weighted by Gasteiger charge is 2.23. The Labute approximate surface area is 166 Å². The highest BCUT2D eigenvalue weighted by atomic mass is 32.2. The summed E-state index contributed by atoms with van der Waals surface area (Å²) in [5.74, 6) is 0.0554. The Hall–Kier alpha value is -1.92. The van der Waals surface area contributed by atoms with Crippen LogP contribution in [0.2, 0.25) is 0 Å². The fraction of sp³-hybridized carbons (Fsp3) is 0.381. The Morgan fingerprint density at radius 1 is 1.22 bits per heavy atom. The van der Waals surface area contributed by atoms with Crippen LogP contribution in [0.5, 0.6) is 0 Å². The molecule has 140 valence electrons. The molecule has 0 saturated carbocycles. The number of hydrogen-bond acceptors (Lipinski definition) is 5. The molecular weight excluding hydrogens is 376 g/mol. The number of thiophene rings is 1. The number of ketones is 1. The second-order valence-electron chi connectivity index (χ2n) is 7.14. The standard InChI is InChI=1S/C21H22N2O2S2/c1-12-8-10-14(11-9-12)18(24)13(2)26-21-22-19-17(20(25)23(21)3)15-6-4-5-7-16(15)27-19/h8-11,13H,4-7H2,1-3H3/t13-/m0/s1. The van der Waals surface area contributed by atoms with E-state index in [1.54, 1.807) is 23.0 Å². The van der Waals surface area contributed by atoms with Gasteiger partial charge in [-0.25, -0.2) is 4.98 Å². The van der Waals surface area contributed by atoms with Crippen LogP contribution in [0.4, 0.5) is 0 Å². The number of carbonyl (C=O) groups is 1. The highest BCUT2D eigenvalue weighted by molar-refractivity contribution is 8.00. The zero-order valence-corrected chi connectivity index (χ0v) is 17.4. The van der Waals surface area contributed by atoms with Gasteiger partial charge in [0.25, 0.3) is 5.56 Å². The van der Waals surface area contributed by atoms with E-state index in [-0.39, 0.29) is 16.6 Å². The van der Waals surface area contributed by atoms with Crippen molar-refractivity contribution in [1.29, 1.82) is 0 Å². The van der Waals surface area contributed by atoms with Crippen molar-refractivity contribution in [2.45, 2.75) is 49.9 Å². The molecule has 0 spiro atoms. The summed E-state index contributed by atoms with van der Waals surface area (Å²) in [4.78, 5) is 32.6. The fourth-order valence-corrected chi connectivity index (χ4v) is 5.79. The minimum Gasteiger partial charge on any atom is -0.293 e. The lowest BCUT2D eigenvalue weighted by Crippen LogP contribution is -2.22. The first-order valence-electron chi connectivity index (χ1n) is 9.24. The topological polar surface area (TPSA) is 52.0 Å². The Balaban J connectivity index is 1.67. The van der Waals surface area contributed by atoms with Crippen molar-refractivity contribution < 1.29 is 4.79 Å². The van der Waals surface area contributed by atoms with Gasteiger partial charge in [0.1, 0.15) is 4.83 Å². The van der Waals surface area contributed by atoms with Crippen molar-refractivity contribution in [3.8, 4) is 0 Å². The largest absolute Gasteiger partial charge is 0.293 e. The molecule has 0 N–H and O–H groups in total. The zero-order chi connectivity index (χ0) is 19.1. The molecule has 0 saturated heterocycles. The number of fused-ring (bicyclic) bond motifs is 3. The van der Waals surface area contributed by atoms with Crippen LogP contribution in [0.3, 0.4) is 0 Å². The third-order valence-corrected chi connectivity index (χ3v) is 7.47. The summed E-state index contributed by atoms with van der Waals surface area (Å²) in [5.41, 5.74) is 3.04. The maximum atomic E-state index is 13.0. The van der Waals surface area contributed by atoms with E-state index in [0.29, 0.717) is 10.7 Å². The molecule has 1 aliphatic rings. The van der Waals surface area contributed by atoms with Gasteiger partial charge < -0.3 is 0 Å². The summed E-state index contributed by atoms with van der Waals surface area (Å²) in [6.45, 7) is 3.88. The van der Waals surface area contributed by atoms with Crippen LogP contribution in [0.1, 0.15) is 46.1 Å². The number of hydrogen-bond donors (Lipinski definition) is 0. The van der Waals surface area contributed by atoms with Gasteiger partial charge in [-0.3, -0.25) is 14.2 Å². The Kier molecular flexibility index (Phi) is 4.95. The van der Waals surface area contributed by atoms with Gasteiger partial charge in [0.05, 0.1) is 10.6 Å². The molecule has 1 atom stereocenters. The van der Waals surface area contributed by atoms with Crippen LogP contribution < -0.4 is 5.56 Å². The average molecular weight is 399 g/mol. The van der Waals surface area contributed by atoms with Crippen LogP contribution in [-0.2, 0) is 19.9 Å². The van der Waals surface area contributed by atoms with Gasteiger partial charge in [0.2, 0.25) is 0 Å². The fourth-order valence-electron chi connectivity index (χ4n) is 3.54.